The second-order valence-corrected chi connectivity index (χ2v) is 8.34. The lowest BCUT2D eigenvalue weighted by atomic mass is 9.90. The zero-order chi connectivity index (χ0) is 16.9. The van der Waals surface area contributed by atoms with Crippen LogP contribution in [0.2, 0.25) is 13.1 Å². The monoisotopic (exact) mass is 326 g/mol. The van der Waals surface area contributed by atoms with Crippen molar-refractivity contribution in [1.82, 2.24) is 0 Å². The van der Waals surface area contributed by atoms with E-state index in [4.69, 9.17) is 13.9 Å². The Bertz CT molecular complexity index is 513. The molecule has 0 bridgehead atoms. The Morgan fingerprint density at radius 1 is 1.27 bits per heavy atom. The summed E-state index contributed by atoms with van der Waals surface area (Å²) in [7, 11) is 0.630. The summed E-state index contributed by atoms with van der Waals surface area (Å²) in [5.74, 6) is 0.826. The lowest BCUT2D eigenvalue weighted by Gasteiger charge is -2.32. The van der Waals surface area contributed by atoms with E-state index in [9.17, 15) is 10.1 Å². The van der Waals surface area contributed by atoms with Crippen molar-refractivity contribution >= 4 is 14.7 Å². The van der Waals surface area contributed by atoms with Crippen molar-refractivity contribution in [1.29, 1.82) is 0 Å². The predicted octanol–water partition coefficient (Wildman–Crippen LogP) is 3.66. The van der Waals surface area contributed by atoms with E-state index in [0.29, 0.717) is 18.1 Å². The lowest BCUT2D eigenvalue weighted by molar-refractivity contribution is -0.385. The van der Waals surface area contributed by atoms with Crippen molar-refractivity contribution in [2.75, 3.05) is 13.7 Å². The first-order valence-corrected chi connectivity index (χ1v) is 9.48. The summed E-state index contributed by atoms with van der Waals surface area (Å²) in [4.78, 5) is 10.4. The molecule has 0 aliphatic heterocycles. The van der Waals surface area contributed by atoms with Crippen molar-refractivity contribution in [3.63, 3.8) is 0 Å². The molecule has 0 amide bonds. The molecule has 0 heterocycles. The number of methoxy groups -OCH3 is 1. The van der Waals surface area contributed by atoms with Gasteiger partial charge in [-0.2, -0.15) is 0 Å². The molecule has 1 unspecified atom stereocenters. The minimum absolute atomic E-state index is 0.0280. The minimum Gasteiger partial charge on any atom is -0.493 e. The first kappa shape index (κ1) is 18.4. The van der Waals surface area contributed by atoms with E-state index in [0.717, 1.165) is 0 Å². The second kappa shape index (κ2) is 7.60. The smallest absolute Gasteiger partial charge is 0.273 e. The maximum atomic E-state index is 10.9. The average Bonchev–Trinajstić information content (AvgIpc) is 2.41. The van der Waals surface area contributed by atoms with Crippen LogP contribution >= 0.6 is 0 Å². The molecule has 6 nitrogen and oxygen atoms in total. The molecule has 1 radical (unpaired) electrons. The predicted molar refractivity (Wildman–Crippen MR) is 87.0 cm³/mol. The summed E-state index contributed by atoms with van der Waals surface area (Å²) in [5.41, 5.74) is -0.115. The van der Waals surface area contributed by atoms with Gasteiger partial charge in [0, 0.05) is 6.07 Å². The van der Waals surface area contributed by atoms with Gasteiger partial charge in [-0.3, -0.25) is 10.1 Å². The van der Waals surface area contributed by atoms with Crippen molar-refractivity contribution in [2.45, 2.75) is 40.0 Å². The molecule has 0 aromatic heterocycles. The molecule has 0 N–H and O–H groups in total. The highest BCUT2D eigenvalue weighted by molar-refractivity contribution is 6.48. The van der Waals surface area contributed by atoms with Crippen LogP contribution in [0.25, 0.3) is 0 Å². The molecular weight excluding hydrogens is 302 g/mol. The average molecular weight is 326 g/mol. The molecule has 22 heavy (non-hydrogen) atoms. The van der Waals surface area contributed by atoms with Gasteiger partial charge in [-0.05, 0) is 24.6 Å². The highest BCUT2D eigenvalue weighted by Crippen LogP contribution is 2.32. The number of ether oxygens (including phenoxy) is 2. The third kappa shape index (κ3) is 5.30. The van der Waals surface area contributed by atoms with Gasteiger partial charge in [0.2, 0.25) is 9.04 Å². The molecule has 0 aliphatic rings. The number of non-ortho nitro benzene ring substituents is 1. The van der Waals surface area contributed by atoms with E-state index in [1.807, 2.05) is 0 Å². The SMILES string of the molecule is COc1ccc([N+](=O)[O-])cc1OCC(O[Si](C)C)C(C)(C)C. The van der Waals surface area contributed by atoms with E-state index in [1.165, 1.54) is 25.3 Å². The van der Waals surface area contributed by atoms with Gasteiger partial charge in [0.15, 0.2) is 11.5 Å². The lowest BCUT2D eigenvalue weighted by Crippen LogP contribution is -2.38. The van der Waals surface area contributed by atoms with Crippen molar-refractivity contribution in [2.24, 2.45) is 5.41 Å². The van der Waals surface area contributed by atoms with Gasteiger partial charge in [-0.15, -0.1) is 0 Å². The Labute approximate surface area is 133 Å². The van der Waals surface area contributed by atoms with E-state index in [1.54, 1.807) is 0 Å². The van der Waals surface area contributed by atoms with Crippen LogP contribution in [0, 0.1) is 15.5 Å². The summed E-state index contributed by atoms with van der Waals surface area (Å²) in [5, 5.41) is 10.9. The van der Waals surface area contributed by atoms with Gasteiger partial charge >= 0.3 is 0 Å². The first-order chi connectivity index (χ1) is 10.1. The fraction of sp³-hybridized carbons (Fsp3) is 0.600. The number of rotatable bonds is 7. The molecule has 1 aromatic rings. The first-order valence-electron chi connectivity index (χ1n) is 7.07. The fourth-order valence-electron chi connectivity index (χ4n) is 1.80. The van der Waals surface area contributed by atoms with Crippen LogP contribution in [0.5, 0.6) is 11.5 Å². The zero-order valence-corrected chi connectivity index (χ0v) is 15.0. The maximum absolute atomic E-state index is 10.9. The third-order valence-corrected chi connectivity index (χ3v) is 3.85. The van der Waals surface area contributed by atoms with E-state index in [-0.39, 0.29) is 17.2 Å². The topological polar surface area (TPSA) is 70.8 Å². The largest absolute Gasteiger partial charge is 0.493 e. The third-order valence-electron chi connectivity index (χ3n) is 3.09. The van der Waals surface area contributed by atoms with Crippen molar-refractivity contribution < 1.29 is 18.8 Å². The molecule has 7 heteroatoms. The Hall–Kier alpha value is -1.60. The van der Waals surface area contributed by atoms with E-state index >= 15 is 0 Å². The molecule has 0 aliphatic carbocycles. The van der Waals surface area contributed by atoms with Gasteiger partial charge in [0.05, 0.1) is 24.2 Å². The summed E-state index contributed by atoms with van der Waals surface area (Å²) in [6, 6.07) is 4.31. The number of hydrogen-bond donors (Lipinski definition) is 0. The summed E-state index contributed by atoms with van der Waals surface area (Å²) >= 11 is 0. The van der Waals surface area contributed by atoms with Crippen LogP contribution in [0.15, 0.2) is 18.2 Å². The van der Waals surface area contributed by atoms with Gasteiger partial charge in [-0.25, -0.2) is 0 Å². The highest BCUT2D eigenvalue weighted by Gasteiger charge is 2.28. The number of nitro benzene ring substituents is 1. The van der Waals surface area contributed by atoms with Gasteiger partial charge in [0.25, 0.3) is 5.69 Å². The minimum atomic E-state index is -0.875. The second-order valence-electron chi connectivity index (χ2n) is 6.28. The van der Waals surface area contributed by atoms with Crippen molar-refractivity contribution in [3.05, 3.63) is 28.3 Å². The van der Waals surface area contributed by atoms with Gasteiger partial charge in [0.1, 0.15) is 6.61 Å². The number of nitrogens with zero attached hydrogens (tertiary/aromatic N) is 1. The molecular formula is C15H24NO5Si. The fourth-order valence-corrected chi connectivity index (χ4v) is 2.79. The quantitative estimate of drug-likeness (QED) is 0.434. The molecule has 1 atom stereocenters. The highest BCUT2D eigenvalue weighted by atomic mass is 28.3. The van der Waals surface area contributed by atoms with Crippen LogP contribution < -0.4 is 9.47 Å². The summed E-state index contributed by atoms with van der Waals surface area (Å²) in [6.07, 6.45) is -0.0969. The Balaban J connectivity index is 2.92. The number of benzene rings is 1. The zero-order valence-electron chi connectivity index (χ0n) is 14.0. The van der Waals surface area contributed by atoms with Crippen LogP contribution in [-0.2, 0) is 4.43 Å². The molecule has 123 valence electrons. The van der Waals surface area contributed by atoms with E-state index < -0.39 is 14.0 Å². The normalized spacial score (nSPS) is 13.0. The molecule has 0 saturated carbocycles. The molecule has 0 spiro atoms. The molecule has 0 fully saturated rings. The van der Waals surface area contributed by atoms with Crippen LogP contribution in [0.3, 0.4) is 0 Å². The van der Waals surface area contributed by atoms with Crippen molar-refractivity contribution in [3.8, 4) is 11.5 Å². The van der Waals surface area contributed by atoms with Crippen LogP contribution in [-0.4, -0.2) is 33.8 Å². The molecule has 1 rings (SSSR count). The van der Waals surface area contributed by atoms with Crippen LogP contribution in [0.4, 0.5) is 5.69 Å². The Kier molecular flexibility index (Phi) is 6.37. The Morgan fingerprint density at radius 3 is 2.36 bits per heavy atom. The van der Waals surface area contributed by atoms with E-state index in [2.05, 4.69) is 33.9 Å². The van der Waals surface area contributed by atoms with Crippen LogP contribution in [0.1, 0.15) is 20.8 Å². The van der Waals surface area contributed by atoms with Gasteiger partial charge < -0.3 is 13.9 Å². The molecule has 1 aromatic carbocycles. The molecule has 0 saturated heterocycles. The summed E-state index contributed by atoms with van der Waals surface area (Å²) in [6.45, 7) is 10.7. The van der Waals surface area contributed by atoms with Gasteiger partial charge in [-0.1, -0.05) is 20.8 Å². The Morgan fingerprint density at radius 2 is 1.91 bits per heavy atom. The maximum Gasteiger partial charge on any atom is 0.273 e. The number of nitro groups is 1. The standard InChI is InChI=1S/C15H24NO5Si/c1-15(2,3)14(21-22(5)6)10-20-13-9-11(16(17)18)7-8-12(13)19-4/h7-9,14H,10H2,1-6H3. The summed E-state index contributed by atoms with van der Waals surface area (Å²) < 4.78 is 17.0. The number of hydrogen-bond acceptors (Lipinski definition) is 5.